The fraction of sp³-hybridized carbons (Fsp3) is 0.364. The van der Waals surface area contributed by atoms with Gasteiger partial charge in [-0.1, -0.05) is 91.3 Å². The van der Waals surface area contributed by atoms with Gasteiger partial charge in [0.2, 0.25) is 5.91 Å². The van der Waals surface area contributed by atoms with Gasteiger partial charge in [0.25, 0.3) is 5.91 Å². The Kier molecular flexibility index (Phi) is 15.9. The second-order valence-electron chi connectivity index (χ2n) is 10.1. The van der Waals surface area contributed by atoms with Crippen LogP contribution in [0, 0.1) is 0 Å². The first-order chi connectivity index (χ1) is 19.5. The number of hydrogen-bond acceptors (Lipinski definition) is 5. The summed E-state index contributed by atoms with van der Waals surface area (Å²) >= 11 is 0. The smallest absolute Gasteiger partial charge is 0.332 e. The summed E-state index contributed by atoms with van der Waals surface area (Å²) in [5.74, 6) is -1.02. The van der Waals surface area contributed by atoms with Crippen molar-refractivity contribution >= 4 is 30.2 Å². The van der Waals surface area contributed by atoms with Gasteiger partial charge in [0.15, 0.2) is 0 Å². The van der Waals surface area contributed by atoms with Crippen LogP contribution in [0.4, 0.5) is 0 Å². The minimum atomic E-state index is -0.589. The van der Waals surface area contributed by atoms with Crippen LogP contribution in [-0.4, -0.2) is 30.4 Å². The summed E-state index contributed by atoms with van der Waals surface area (Å²) in [6, 6.07) is 27.5. The number of rotatable bonds is 16. The largest absolute Gasteiger partial charge is 0.355 e. The summed E-state index contributed by atoms with van der Waals surface area (Å²) < 4.78 is 0. The van der Waals surface area contributed by atoms with Crippen molar-refractivity contribution in [2.24, 2.45) is 5.73 Å². The summed E-state index contributed by atoms with van der Waals surface area (Å²) in [5.41, 5.74) is 12.7. The van der Waals surface area contributed by atoms with Gasteiger partial charge in [0.05, 0.1) is 12.5 Å². The molecule has 0 aliphatic carbocycles. The van der Waals surface area contributed by atoms with Crippen LogP contribution in [0.3, 0.4) is 0 Å². The fourth-order valence-corrected chi connectivity index (χ4v) is 4.46. The van der Waals surface area contributed by atoms with Gasteiger partial charge in [0, 0.05) is 13.0 Å². The van der Waals surface area contributed by atoms with Crippen molar-refractivity contribution < 1.29 is 19.2 Å². The maximum absolute atomic E-state index is 12.3. The molecule has 0 radical (unpaired) electrons. The highest BCUT2D eigenvalue weighted by molar-refractivity contribution is 5.85. The van der Waals surface area contributed by atoms with Crippen LogP contribution >= 0.6 is 12.4 Å². The average molecular weight is 580 g/mol. The Balaban J connectivity index is 0.00000588. The number of amides is 2. The number of hydrogen-bond donors (Lipinski definition) is 3. The van der Waals surface area contributed by atoms with E-state index >= 15 is 0 Å². The quantitative estimate of drug-likeness (QED) is 0.163. The standard InChI is InChI=1S/C33H41N3O4.ClH/c34-30(24-28-16-6-2-7-17-28)33(39)35-22-11-3-8-21-32(38)40-36-31(37)25-29-20-12-19-27(23-29)18-10-9-15-26-13-4-1-5-14-26;/h1-2,4-7,12-14,16-17,19-20,23,30H,3,8-11,15,18,21-22,24-25,34H2,(H,35,39)(H,36,37);1H/t30-;/m0./s1. The summed E-state index contributed by atoms with van der Waals surface area (Å²) in [6.45, 7) is 0.499. The molecular weight excluding hydrogens is 538 g/mol. The van der Waals surface area contributed by atoms with E-state index in [9.17, 15) is 14.4 Å². The fourth-order valence-electron chi connectivity index (χ4n) is 4.46. The lowest BCUT2D eigenvalue weighted by Gasteiger charge is -2.12. The number of halogens is 1. The second-order valence-corrected chi connectivity index (χ2v) is 10.1. The van der Waals surface area contributed by atoms with Crippen molar-refractivity contribution in [1.29, 1.82) is 0 Å². The molecular formula is C33H42ClN3O4. The number of carbonyl (C=O) groups is 3. The molecule has 0 bridgehead atoms. The summed E-state index contributed by atoms with van der Waals surface area (Å²) in [5, 5.41) is 2.84. The number of hydroxylamine groups is 1. The SMILES string of the molecule is Cl.N[C@@H](Cc1ccccc1)C(=O)NCCCCCC(=O)ONC(=O)Cc1cccc(CCCCc2ccccc2)c1. The van der Waals surface area contributed by atoms with Crippen LogP contribution in [0.15, 0.2) is 84.9 Å². The molecule has 0 aliphatic heterocycles. The van der Waals surface area contributed by atoms with Gasteiger partial charge >= 0.3 is 5.97 Å². The Morgan fingerprint density at radius 2 is 1.32 bits per heavy atom. The normalized spacial score (nSPS) is 11.1. The van der Waals surface area contributed by atoms with Gasteiger partial charge in [0.1, 0.15) is 0 Å². The molecule has 0 spiro atoms. The van der Waals surface area contributed by atoms with Crippen molar-refractivity contribution in [3.05, 3.63) is 107 Å². The molecule has 0 aromatic heterocycles. The Hall–Kier alpha value is -3.68. The monoisotopic (exact) mass is 579 g/mol. The van der Waals surface area contributed by atoms with E-state index in [2.05, 4.69) is 41.1 Å². The number of aryl methyl sites for hydroxylation is 2. The van der Waals surface area contributed by atoms with Gasteiger partial charge in [-0.3, -0.25) is 9.59 Å². The van der Waals surface area contributed by atoms with E-state index in [4.69, 9.17) is 10.6 Å². The molecule has 3 rings (SSSR count). The molecule has 0 fully saturated rings. The zero-order chi connectivity index (χ0) is 28.4. The third-order valence-corrected chi connectivity index (χ3v) is 6.65. The zero-order valence-corrected chi connectivity index (χ0v) is 24.4. The first kappa shape index (κ1) is 33.5. The molecule has 2 amide bonds. The van der Waals surface area contributed by atoms with Crippen LogP contribution in [0.5, 0.6) is 0 Å². The van der Waals surface area contributed by atoms with Crippen LogP contribution in [0.2, 0.25) is 0 Å². The van der Waals surface area contributed by atoms with Gasteiger partial charge in [-0.05, 0) is 67.2 Å². The number of unbranched alkanes of at least 4 members (excludes halogenated alkanes) is 3. The molecule has 0 saturated heterocycles. The lowest BCUT2D eigenvalue weighted by Crippen LogP contribution is -2.42. The van der Waals surface area contributed by atoms with E-state index in [0.717, 1.165) is 49.7 Å². The van der Waals surface area contributed by atoms with E-state index in [-0.39, 0.29) is 37.1 Å². The topological polar surface area (TPSA) is 111 Å². The van der Waals surface area contributed by atoms with Gasteiger partial charge in [-0.2, -0.15) is 5.48 Å². The molecule has 7 nitrogen and oxygen atoms in total. The van der Waals surface area contributed by atoms with E-state index in [1.54, 1.807) is 0 Å². The van der Waals surface area contributed by atoms with E-state index in [1.807, 2.05) is 54.6 Å². The van der Waals surface area contributed by atoms with E-state index < -0.39 is 12.0 Å². The summed E-state index contributed by atoms with van der Waals surface area (Å²) in [4.78, 5) is 41.3. The first-order valence-corrected chi connectivity index (χ1v) is 14.2. The number of carbonyl (C=O) groups excluding carboxylic acids is 3. The molecule has 0 unspecified atom stereocenters. The maximum Gasteiger partial charge on any atom is 0.332 e. The highest BCUT2D eigenvalue weighted by Crippen LogP contribution is 2.12. The van der Waals surface area contributed by atoms with Crippen molar-refractivity contribution in [2.75, 3.05) is 6.54 Å². The van der Waals surface area contributed by atoms with Crippen molar-refractivity contribution in [3.63, 3.8) is 0 Å². The van der Waals surface area contributed by atoms with Crippen molar-refractivity contribution in [1.82, 2.24) is 10.8 Å². The maximum atomic E-state index is 12.3. The van der Waals surface area contributed by atoms with Gasteiger partial charge < -0.3 is 15.9 Å². The number of nitrogens with one attached hydrogen (secondary N) is 2. The van der Waals surface area contributed by atoms with Crippen LogP contribution in [-0.2, 0) is 44.9 Å². The third-order valence-electron chi connectivity index (χ3n) is 6.65. The molecule has 41 heavy (non-hydrogen) atoms. The van der Waals surface area contributed by atoms with E-state index in [1.165, 1.54) is 11.1 Å². The molecule has 4 N–H and O–H groups in total. The molecule has 8 heteroatoms. The van der Waals surface area contributed by atoms with Crippen LogP contribution < -0.4 is 16.5 Å². The molecule has 3 aromatic rings. The predicted molar refractivity (Wildman–Crippen MR) is 164 cm³/mol. The molecule has 1 atom stereocenters. The summed E-state index contributed by atoms with van der Waals surface area (Å²) in [6.07, 6.45) is 7.13. The van der Waals surface area contributed by atoms with Crippen LogP contribution in [0.1, 0.15) is 60.8 Å². The molecule has 220 valence electrons. The predicted octanol–water partition coefficient (Wildman–Crippen LogP) is 5.04. The molecule has 0 aliphatic rings. The Bertz CT molecular complexity index is 1190. The average Bonchev–Trinajstić information content (AvgIpc) is 2.97. The lowest BCUT2D eigenvalue weighted by molar-refractivity contribution is -0.158. The highest BCUT2D eigenvalue weighted by Gasteiger charge is 2.13. The second kappa shape index (κ2) is 19.4. The molecule has 0 saturated carbocycles. The van der Waals surface area contributed by atoms with Gasteiger partial charge in [-0.15, -0.1) is 12.4 Å². The van der Waals surface area contributed by atoms with E-state index in [0.29, 0.717) is 19.4 Å². The number of benzene rings is 3. The number of nitrogens with two attached hydrogens (primary N) is 1. The highest BCUT2D eigenvalue weighted by atomic mass is 35.5. The molecule has 0 heterocycles. The van der Waals surface area contributed by atoms with Crippen molar-refractivity contribution in [3.8, 4) is 0 Å². The lowest BCUT2D eigenvalue weighted by atomic mass is 10.0. The third kappa shape index (κ3) is 14.0. The minimum absolute atomic E-state index is 0. The molecule has 3 aromatic carbocycles. The Morgan fingerprint density at radius 1 is 0.707 bits per heavy atom. The van der Waals surface area contributed by atoms with Crippen molar-refractivity contribution in [2.45, 2.75) is 70.3 Å². The van der Waals surface area contributed by atoms with Crippen LogP contribution in [0.25, 0.3) is 0 Å². The summed E-state index contributed by atoms with van der Waals surface area (Å²) in [7, 11) is 0. The zero-order valence-electron chi connectivity index (χ0n) is 23.6. The minimum Gasteiger partial charge on any atom is -0.355 e. The Labute approximate surface area is 249 Å². The Morgan fingerprint density at radius 3 is 2.02 bits per heavy atom. The van der Waals surface area contributed by atoms with Gasteiger partial charge in [-0.25, -0.2) is 4.79 Å². The first-order valence-electron chi connectivity index (χ1n) is 14.2.